The Balaban J connectivity index is 2.25. The number of likely N-dealkylation sites (N-methyl/N-ethyl adjacent to an activating group) is 1. The molecule has 3 nitrogen and oxygen atoms in total. The summed E-state index contributed by atoms with van der Waals surface area (Å²) in [6.07, 6.45) is -2.20. The van der Waals surface area contributed by atoms with Crippen LogP contribution in [0.15, 0.2) is 18.3 Å². The predicted molar refractivity (Wildman–Crippen MR) is 63.5 cm³/mol. The van der Waals surface area contributed by atoms with Gasteiger partial charge in [0.1, 0.15) is 5.69 Å². The summed E-state index contributed by atoms with van der Waals surface area (Å²) >= 11 is 0. The number of alkyl halides is 3. The topological polar surface area (TPSA) is 28.2 Å². The van der Waals surface area contributed by atoms with Gasteiger partial charge >= 0.3 is 6.18 Å². The zero-order valence-electron chi connectivity index (χ0n) is 10.2. The van der Waals surface area contributed by atoms with Gasteiger partial charge in [-0.3, -0.25) is 4.98 Å². The minimum atomic E-state index is -4.39. The Morgan fingerprint density at radius 1 is 1.50 bits per heavy atom. The van der Waals surface area contributed by atoms with Crippen LogP contribution in [0.3, 0.4) is 0 Å². The van der Waals surface area contributed by atoms with Crippen LogP contribution in [-0.4, -0.2) is 30.7 Å². The van der Waals surface area contributed by atoms with Crippen molar-refractivity contribution < 1.29 is 13.2 Å². The molecule has 2 rings (SSSR count). The van der Waals surface area contributed by atoms with E-state index in [0.29, 0.717) is 12.2 Å². The van der Waals surface area contributed by atoms with Crippen LogP contribution in [-0.2, 0) is 6.18 Å². The van der Waals surface area contributed by atoms with Crippen molar-refractivity contribution in [3.8, 4) is 0 Å². The summed E-state index contributed by atoms with van der Waals surface area (Å²) < 4.78 is 37.9. The molecule has 0 saturated carbocycles. The Labute approximate surface area is 104 Å². The van der Waals surface area contributed by atoms with E-state index in [9.17, 15) is 13.2 Å². The Morgan fingerprint density at radius 2 is 2.28 bits per heavy atom. The molecule has 1 aliphatic heterocycles. The lowest BCUT2D eigenvalue weighted by Gasteiger charge is -2.29. The van der Waals surface area contributed by atoms with E-state index in [0.717, 1.165) is 25.6 Å². The molecule has 100 valence electrons. The molecule has 0 radical (unpaired) electrons. The average Bonchev–Trinajstić information content (AvgIpc) is 2.83. The van der Waals surface area contributed by atoms with Crippen molar-refractivity contribution in [3.63, 3.8) is 0 Å². The SMILES string of the molecule is CCN(c1ccnc(C(F)(F)F)c1)C1CCNC1. The number of nitrogens with zero attached hydrogens (tertiary/aromatic N) is 2. The molecule has 6 heteroatoms. The van der Waals surface area contributed by atoms with Gasteiger partial charge in [0.15, 0.2) is 0 Å². The first-order valence-electron chi connectivity index (χ1n) is 6.03. The lowest BCUT2D eigenvalue weighted by Crippen LogP contribution is -2.36. The third-order valence-electron chi connectivity index (χ3n) is 3.18. The smallest absolute Gasteiger partial charge is 0.367 e. The van der Waals surface area contributed by atoms with E-state index in [4.69, 9.17) is 0 Å². The van der Waals surface area contributed by atoms with Gasteiger partial charge < -0.3 is 10.2 Å². The normalized spacial score (nSPS) is 20.1. The summed E-state index contributed by atoms with van der Waals surface area (Å²) in [5, 5.41) is 3.22. The highest BCUT2D eigenvalue weighted by molar-refractivity contribution is 5.48. The van der Waals surface area contributed by atoms with Crippen molar-refractivity contribution in [1.82, 2.24) is 10.3 Å². The summed E-state index contributed by atoms with van der Waals surface area (Å²) in [4.78, 5) is 5.38. The third-order valence-corrected chi connectivity index (χ3v) is 3.18. The Hall–Kier alpha value is -1.30. The van der Waals surface area contributed by atoms with Crippen molar-refractivity contribution in [3.05, 3.63) is 24.0 Å². The number of anilines is 1. The van der Waals surface area contributed by atoms with E-state index in [1.807, 2.05) is 11.8 Å². The van der Waals surface area contributed by atoms with Gasteiger partial charge in [0.05, 0.1) is 0 Å². The predicted octanol–water partition coefficient (Wildman–Crippen LogP) is 2.29. The Morgan fingerprint density at radius 3 is 2.83 bits per heavy atom. The highest BCUT2D eigenvalue weighted by atomic mass is 19.4. The highest BCUT2D eigenvalue weighted by Gasteiger charge is 2.33. The summed E-state index contributed by atoms with van der Waals surface area (Å²) in [5.41, 5.74) is -0.238. The summed E-state index contributed by atoms with van der Waals surface area (Å²) in [7, 11) is 0. The van der Waals surface area contributed by atoms with Gasteiger partial charge in [0, 0.05) is 31.0 Å². The standard InChI is InChI=1S/C12H16F3N3/c1-2-18(10-3-5-16-8-10)9-4-6-17-11(7-9)12(13,14)15/h4,6-7,10,16H,2-3,5,8H2,1H3. The second-order valence-corrected chi connectivity index (χ2v) is 4.33. The summed E-state index contributed by atoms with van der Waals surface area (Å²) in [5.74, 6) is 0. The molecule has 1 saturated heterocycles. The maximum atomic E-state index is 12.6. The van der Waals surface area contributed by atoms with E-state index in [-0.39, 0.29) is 6.04 Å². The lowest BCUT2D eigenvalue weighted by molar-refractivity contribution is -0.141. The third kappa shape index (κ3) is 2.75. The van der Waals surface area contributed by atoms with Gasteiger partial charge in [0.2, 0.25) is 0 Å². The van der Waals surface area contributed by atoms with Crippen molar-refractivity contribution in [2.45, 2.75) is 25.6 Å². The van der Waals surface area contributed by atoms with E-state index >= 15 is 0 Å². The second kappa shape index (κ2) is 5.14. The molecule has 0 bridgehead atoms. The minimum Gasteiger partial charge on any atom is -0.367 e. The van der Waals surface area contributed by atoms with E-state index in [1.54, 1.807) is 6.07 Å². The number of hydrogen-bond donors (Lipinski definition) is 1. The molecule has 1 unspecified atom stereocenters. The molecular weight excluding hydrogens is 243 g/mol. The van der Waals surface area contributed by atoms with Gasteiger partial charge in [-0.05, 0) is 32.0 Å². The quantitative estimate of drug-likeness (QED) is 0.902. The largest absolute Gasteiger partial charge is 0.433 e. The molecule has 1 aliphatic rings. The zero-order chi connectivity index (χ0) is 13.2. The zero-order valence-corrected chi connectivity index (χ0v) is 10.2. The van der Waals surface area contributed by atoms with Crippen LogP contribution in [0, 0.1) is 0 Å². The van der Waals surface area contributed by atoms with Crippen molar-refractivity contribution >= 4 is 5.69 Å². The van der Waals surface area contributed by atoms with Gasteiger partial charge in [-0.25, -0.2) is 0 Å². The Kier molecular flexibility index (Phi) is 3.75. The molecule has 1 aromatic rings. The fraction of sp³-hybridized carbons (Fsp3) is 0.583. The molecule has 18 heavy (non-hydrogen) atoms. The number of pyridine rings is 1. The number of rotatable bonds is 3. The number of halogens is 3. The molecule has 1 fully saturated rings. The molecule has 1 N–H and O–H groups in total. The maximum absolute atomic E-state index is 12.6. The van der Waals surface area contributed by atoms with E-state index < -0.39 is 11.9 Å². The number of hydrogen-bond acceptors (Lipinski definition) is 3. The first-order chi connectivity index (χ1) is 8.52. The fourth-order valence-electron chi connectivity index (χ4n) is 2.31. The summed E-state index contributed by atoms with van der Waals surface area (Å²) in [6, 6.07) is 3.03. The van der Waals surface area contributed by atoms with Crippen LogP contribution in [0.25, 0.3) is 0 Å². The maximum Gasteiger partial charge on any atom is 0.433 e. The van der Waals surface area contributed by atoms with E-state index in [1.165, 1.54) is 6.20 Å². The molecule has 0 amide bonds. The van der Waals surface area contributed by atoms with Gasteiger partial charge in [-0.1, -0.05) is 0 Å². The summed E-state index contributed by atoms with van der Waals surface area (Å²) in [6.45, 7) is 4.37. The second-order valence-electron chi connectivity index (χ2n) is 4.33. The van der Waals surface area contributed by atoms with E-state index in [2.05, 4.69) is 10.3 Å². The lowest BCUT2D eigenvalue weighted by atomic mass is 10.2. The van der Waals surface area contributed by atoms with Crippen LogP contribution >= 0.6 is 0 Å². The van der Waals surface area contributed by atoms with Crippen LogP contribution in [0.1, 0.15) is 19.0 Å². The fourth-order valence-corrected chi connectivity index (χ4v) is 2.31. The highest BCUT2D eigenvalue weighted by Crippen LogP contribution is 2.30. The first-order valence-corrected chi connectivity index (χ1v) is 6.03. The first kappa shape index (κ1) is 13.1. The molecule has 2 heterocycles. The average molecular weight is 259 g/mol. The van der Waals surface area contributed by atoms with Crippen LogP contribution in [0.2, 0.25) is 0 Å². The van der Waals surface area contributed by atoms with Gasteiger partial charge in [-0.15, -0.1) is 0 Å². The molecule has 1 aromatic heterocycles. The Bertz CT molecular complexity index is 400. The molecule has 0 spiro atoms. The van der Waals surface area contributed by atoms with Crippen LogP contribution < -0.4 is 10.2 Å². The van der Waals surface area contributed by atoms with Crippen LogP contribution in [0.4, 0.5) is 18.9 Å². The van der Waals surface area contributed by atoms with Crippen molar-refractivity contribution in [1.29, 1.82) is 0 Å². The number of aromatic nitrogens is 1. The van der Waals surface area contributed by atoms with Gasteiger partial charge in [0.25, 0.3) is 0 Å². The number of nitrogens with one attached hydrogen (secondary N) is 1. The molecule has 1 atom stereocenters. The molecule has 0 aliphatic carbocycles. The minimum absolute atomic E-state index is 0.262. The van der Waals surface area contributed by atoms with Gasteiger partial charge in [-0.2, -0.15) is 13.2 Å². The van der Waals surface area contributed by atoms with Crippen molar-refractivity contribution in [2.75, 3.05) is 24.5 Å². The molecule has 0 aromatic carbocycles. The monoisotopic (exact) mass is 259 g/mol. The van der Waals surface area contributed by atoms with Crippen molar-refractivity contribution in [2.24, 2.45) is 0 Å². The molecular formula is C12H16F3N3. The van der Waals surface area contributed by atoms with Crippen LogP contribution in [0.5, 0.6) is 0 Å².